The molecular weight excluding hydrogens is 387 g/mol. The number of halogens is 1. The number of hydrogen-bond acceptors (Lipinski definition) is 6. The highest BCUT2D eigenvalue weighted by molar-refractivity contribution is 8.01. The van der Waals surface area contributed by atoms with Crippen molar-refractivity contribution in [3.63, 3.8) is 0 Å². The van der Waals surface area contributed by atoms with E-state index < -0.39 is 23.8 Å². The van der Waals surface area contributed by atoms with Crippen molar-refractivity contribution in [1.82, 2.24) is 4.98 Å². The zero-order valence-corrected chi connectivity index (χ0v) is 16.1. The fourth-order valence-electron chi connectivity index (χ4n) is 2.25. The summed E-state index contributed by atoms with van der Waals surface area (Å²) in [5, 5.41) is 2.52. The summed E-state index contributed by atoms with van der Waals surface area (Å²) in [5.41, 5.74) is 1.25. The molecule has 140 valence electrons. The van der Waals surface area contributed by atoms with E-state index in [1.165, 1.54) is 36.9 Å². The molecule has 5 nitrogen and oxygen atoms in total. The van der Waals surface area contributed by atoms with Crippen LogP contribution in [-0.2, 0) is 14.3 Å². The Morgan fingerprint density at radius 3 is 2.85 bits per heavy atom. The van der Waals surface area contributed by atoms with Crippen LogP contribution in [0.5, 0.6) is 0 Å². The maximum Gasteiger partial charge on any atom is 0.307 e. The number of rotatable bonds is 7. The number of benzene rings is 2. The van der Waals surface area contributed by atoms with E-state index in [0.717, 1.165) is 14.6 Å². The summed E-state index contributed by atoms with van der Waals surface area (Å²) in [7, 11) is 0. The van der Waals surface area contributed by atoms with Gasteiger partial charge in [0.2, 0.25) is 0 Å². The standard InChI is InChI=1S/C19H17FN2O3S2/c1-12(18(24)21-14-6-4-5-13(20)11-14)25-17(23)9-10-26-19-22-15-7-2-3-8-16(15)27-19/h2-8,11-12H,9-10H2,1H3,(H,21,24)/t12-/m1/s1. The Balaban J connectivity index is 1.43. The molecule has 1 heterocycles. The zero-order valence-electron chi connectivity index (χ0n) is 14.5. The van der Waals surface area contributed by atoms with Gasteiger partial charge in [0.25, 0.3) is 5.91 Å². The fourth-order valence-corrected chi connectivity index (χ4v) is 4.31. The van der Waals surface area contributed by atoms with Gasteiger partial charge in [0, 0.05) is 11.4 Å². The van der Waals surface area contributed by atoms with Gasteiger partial charge in [0.15, 0.2) is 10.4 Å². The summed E-state index contributed by atoms with van der Waals surface area (Å²) in [6.45, 7) is 1.48. The third-order valence-corrected chi connectivity index (χ3v) is 5.76. The van der Waals surface area contributed by atoms with E-state index in [0.29, 0.717) is 11.4 Å². The number of thiazole rings is 1. The molecule has 27 heavy (non-hydrogen) atoms. The lowest BCUT2D eigenvalue weighted by molar-refractivity contribution is -0.152. The van der Waals surface area contributed by atoms with Crippen LogP contribution in [0.1, 0.15) is 13.3 Å². The molecule has 0 aliphatic rings. The molecule has 8 heteroatoms. The van der Waals surface area contributed by atoms with Crippen molar-refractivity contribution in [2.24, 2.45) is 0 Å². The number of hydrogen-bond donors (Lipinski definition) is 1. The van der Waals surface area contributed by atoms with Gasteiger partial charge in [-0.2, -0.15) is 0 Å². The van der Waals surface area contributed by atoms with Gasteiger partial charge in [0.05, 0.1) is 16.6 Å². The molecule has 0 aliphatic carbocycles. The van der Waals surface area contributed by atoms with E-state index in [1.54, 1.807) is 17.4 Å². The molecule has 1 atom stereocenters. The first kappa shape index (κ1) is 19.3. The van der Waals surface area contributed by atoms with Crippen molar-refractivity contribution in [3.8, 4) is 0 Å². The predicted molar refractivity (Wildman–Crippen MR) is 106 cm³/mol. The lowest BCUT2D eigenvalue weighted by Crippen LogP contribution is -2.30. The molecule has 0 radical (unpaired) electrons. The second-order valence-electron chi connectivity index (χ2n) is 5.68. The number of nitrogens with zero attached hydrogens (tertiary/aromatic N) is 1. The largest absolute Gasteiger partial charge is 0.453 e. The van der Waals surface area contributed by atoms with Crippen LogP contribution in [-0.4, -0.2) is 28.7 Å². The molecule has 1 N–H and O–H groups in total. The minimum absolute atomic E-state index is 0.165. The molecule has 0 bridgehead atoms. The molecule has 2 aromatic carbocycles. The van der Waals surface area contributed by atoms with E-state index in [-0.39, 0.29) is 6.42 Å². The number of aromatic nitrogens is 1. The third-order valence-electron chi connectivity index (χ3n) is 3.58. The highest BCUT2D eigenvalue weighted by Crippen LogP contribution is 2.29. The maximum absolute atomic E-state index is 13.1. The fraction of sp³-hybridized carbons (Fsp3) is 0.211. The average Bonchev–Trinajstić information content (AvgIpc) is 3.04. The first-order valence-corrected chi connectivity index (χ1v) is 10.1. The van der Waals surface area contributed by atoms with Gasteiger partial charge in [-0.05, 0) is 37.3 Å². The van der Waals surface area contributed by atoms with Gasteiger partial charge in [0.1, 0.15) is 5.82 Å². The Hall–Kier alpha value is -2.45. The Bertz CT molecular complexity index is 928. The summed E-state index contributed by atoms with van der Waals surface area (Å²) < 4.78 is 20.3. The van der Waals surface area contributed by atoms with Crippen molar-refractivity contribution in [3.05, 3.63) is 54.3 Å². The molecule has 1 aromatic heterocycles. The predicted octanol–water partition coefficient (Wildman–Crippen LogP) is 4.49. The number of amides is 1. The molecule has 0 saturated heterocycles. The molecule has 3 rings (SSSR count). The van der Waals surface area contributed by atoms with Crippen LogP contribution in [0.4, 0.5) is 10.1 Å². The monoisotopic (exact) mass is 404 g/mol. The molecule has 0 fully saturated rings. The van der Waals surface area contributed by atoms with Crippen molar-refractivity contribution in [1.29, 1.82) is 0 Å². The average molecular weight is 404 g/mol. The first-order valence-electron chi connectivity index (χ1n) is 8.25. The topological polar surface area (TPSA) is 68.3 Å². The van der Waals surface area contributed by atoms with Gasteiger partial charge < -0.3 is 10.1 Å². The lowest BCUT2D eigenvalue weighted by atomic mass is 10.3. The number of carbonyl (C=O) groups excluding carboxylic acids is 2. The number of ether oxygens (including phenoxy) is 1. The maximum atomic E-state index is 13.1. The Labute approximate surface area is 163 Å². The SMILES string of the molecule is C[C@@H](OC(=O)CCSc1nc2ccccc2s1)C(=O)Nc1cccc(F)c1. The van der Waals surface area contributed by atoms with Gasteiger partial charge in [-0.15, -0.1) is 11.3 Å². The minimum atomic E-state index is -0.965. The molecule has 1 amide bonds. The highest BCUT2D eigenvalue weighted by Gasteiger charge is 2.18. The van der Waals surface area contributed by atoms with E-state index in [9.17, 15) is 14.0 Å². The first-order chi connectivity index (χ1) is 13.0. The van der Waals surface area contributed by atoms with Crippen LogP contribution in [0.15, 0.2) is 52.9 Å². The third kappa shape index (κ3) is 5.51. The lowest BCUT2D eigenvalue weighted by Gasteiger charge is -2.13. The summed E-state index contributed by atoms with van der Waals surface area (Å²) in [4.78, 5) is 28.5. The highest BCUT2D eigenvalue weighted by atomic mass is 32.2. The van der Waals surface area contributed by atoms with E-state index in [2.05, 4.69) is 10.3 Å². The Kier molecular flexibility index (Phi) is 6.41. The number of nitrogens with one attached hydrogen (secondary N) is 1. The van der Waals surface area contributed by atoms with E-state index >= 15 is 0 Å². The van der Waals surface area contributed by atoms with Crippen molar-refractivity contribution >= 4 is 50.9 Å². The second kappa shape index (κ2) is 8.96. The van der Waals surface area contributed by atoms with Crippen LogP contribution in [0, 0.1) is 5.82 Å². The van der Waals surface area contributed by atoms with Gasteiger partial charge >= 0.3 is 5.97 Å². The summed E-state index contributed by atoms with van der Waals surface area (Å²) >= 11 is 3.05. The van der Waals surface area contributed by atoms with Gasteiger partial charge in [-0.1, -0.05) is 30.0 Å². The molecule has 0 unspecified atom stereocenters. The van der Waals surface area contributed by atoms with Gasteiger partial charge in [-0.3, -0.25) is 9.59 Å². The Morgan fingerprint density at radius 2 is 2.07 bits per heavy atom. The summed E-state index contributed by atoms with van der Waals surface area (Å²) in [6, 6.07) is 13.4. The van der Waals surface area contributed by atoms with Crippen LogP contribution < -0.4 is 5.32 Å². The number of fused-ring (bicyclic) bond motifs is 1. The second-order valence-corrected chi connectivity index (χ2v) is 8.05. The van der Waals surface area contributed by atoms with Crippen molar-refractivity contribution in [2.75, 3.05) is 11.1 Å². The smallest absolute Gasteiger partial charge is 0.307 e. The number of carbonyl (C=O) groups is 2. The summed E-state index contributed by atoms with van der Waals surface area (Å²) in [6.07, 6.45) is -0.800. The molecular formula is C19H17FN2O3S2. The zero-order chi connectivity index (χ0) is 19.2. The number of thioether (sulfide) groups is 1. The molecule has 0 saturated carbocycles. The number of para-hydroxylation sites is 1. The summed E-state index contributed by atoms with van der Waals surface area (Å²) in [5.74, 6) is -0.917. The number of esters is 1. The molecule has 3 aromatic rings. The van der Waals surface area contributed by atoms with Crippen LogP contribution in [0.2, 0.25) is 0 Å². The van der Waals surface area contributed by atoms with Gasteiger partial charge in [-0.25, -0.2) is 9.37 Å². The van der Waals surface area contributed by atoms with Crippen molar-refractivity contribution < 1.29 is 18.7 Å². The minimum Gasteiger partial charge on any atom is -0.453 e. The van der Waals surface area contributed by atoms with Crippen LogP contribution in [0.25, 0.3) is 10.2 Å². The number of anilines is 1. The van der Waals surface area contributed by atoms with E-state index in [1.807, 2.05) is 24.3 Å². The van der Waals surface area contributed by atoms with Crippen LogP contribution >= 0.6 is 23.1 Å². The molecule has 0 spiro atoms. The van der Waals surface area contributed by atoms with Crippen molar-refractivity contribution in [2.45, 2.75) is 23.8 Å². The van der Waals surface area contributed by atoms with E-state index in [4.69, 9.17) is 4.74 Å². The normalized spacial score (nSPS) is 11.9. The Morgan fingerprint density at radius 1 is 1.26 bits per heavy atom. The quantitative estimate of drug-likeness (QED) is 0.464. The molecule has 0 aliphatic heterocycles. The van der Waals surface area contributed by atoms with Crippen LogP contribution in [0.3, 0.4) is 0 Å².